The summed E-state index contributed by atoms with van der Waals surface area (Å²) >= 11 is 0. The second kappa shape index (κ2) is 6.36. The summed E-state index contributed by atoms with van der Waals surface area (Å²) in [5.41, 5.74) is 0.534. The third-order valence-corrected chi connectivity index (χ3v) is 3.35. The lowest BCUT2D eigenvalue weighted by molar-refractivity contribution is -0.132. The Bertz CT molecular complexity index is 486. The summed E-state index contributed by atoms with van der Waals surface area (Å²) in [5, 5.41) is 6.02. The Morgan fingerprint density at radius 1 is 1.50 bits per heavy atom. The van der Waals surface area contributed by atoms with Crippen LogP contribution in [0.25, 0.3) is 0 Å². The Kier molecular flexibility index (Phi) is 4.55. The highest BCUT2D eigenvalue weighted by Gasteiger charge is 2.24. The standard InChI is InChI=1S/C14H20N4O2/c1-3-15-12-6-4-10(8-16-12)14(20)17-11-5-7-13(19)18(2)9-11/h4,6,8,11H,3,5,7,9H2,1-2H3,(H,15,16)(H,17,20). The molecule has 2 amide bonds. The van der Waals surface area contributed by atoms with Crippen molar-refractivity contribution in [2.75, 3.05) is 25.5 Å². The molecule has 1 unspecified atom stereocenters. The Morgan fingerprint density at radius 3 is 2.90 bits per heavy atom. The molecule has 1 saturated heterocycles. The molecule has 0 spiro atoms. The number of rotatable bonds is 4. The quantitative estimate of drug-likeness (QED) is 0.855. The fourth-order valence-electron chi connectivity index (χ4n) is 2.21. The number of aromatic nitrogens is 1. The molecule has 0 radical (unpaired) electrons. The molecule has 20 heavy (non-hydrogen) atoms. The maximum Gasteiger partial charge on any atom is 0.253 e. The number of likely N-dealkylation sites (N-methyl/N-ethyl adjacent to an activating group) is 1. The van der Waals surface area contributed by atoms with E-state index in [2.05, 4.69) is 15.6 Å². The number of likely N-dealkylation sites (tertiary alicyclic amines) is 1. The lowest BCUT2D eigenvalue weighted by Gasteiger charge is -2.30. The van der Waals surface area contributed by atoms with Gasteiger partial charge in [0.1, 0.15) is 5.82 Å². The van der Waals surface area contributed by atoms with Gasteiger partial charge in [-0.25, -0.2) is 4.98 Å². The average Bonchev–Trinajstić information content (AvgIpc) is 2.44. The zero-order valence-electron chi connectivity index (χ0n) is 11.8. The molecule has 0 aromatic carbocycles. The van der Waals surface area contributed by atoms with Crippen molar-refractivity contribution in [1.82, 2.24) is 15.2 Å². The van der Waals surface area contributed by atoms with Crippen molar-refractivity contribution >= 4 is 17.6 Å². The smallest absolute Gasteiger partial charge is 0.253 e. The summed E-state index contributed by atoms with van der Waals surface area (Å²) in [5.74, 6) is 0.743. The fourth-order valence-corrected chi connectivity index (χ4v) is 2.21. The molecule has 6 nitrogen and oxygen atoms in total. The maximum atomic E-state index is 12.1. The number of carbonyl (C=O) groups is 2. The maximum absolute atomic E-state index is 12.1. The second-order valence-corrected chi connectivity index (χ2v) is 4.95. The van der Waals surface area contributed by atoms with Crippen LogP contribution in [0.4, 0.5) is 5.82 Å². The van der Waals surface area contributed by atoms with E-state index in [0.29, 0.717) is 24.9 Å². The zero-order valence-corrected chi connectivity index (χ0v) is 11.8. The molecular formula is C14H20N4O2. The molecule has 2 rings (SSSR count). The van der Waals surface area contributed by atoms with Crippen LogP contribution in [0.2, 0.25) is 0 Å². The largest absolute Gasteiger partial charge is 0.370 e. The third kappa shape index (κ3) is 3.46. The monoisotopic (exact) mass is 276 g/mol. The van der Waals surface area contributed by atoms with Gasteiger partial charge in [0, 0.05) is 38.8 Å². The van der Waals surface area contributed by atoms with E-state index in [4.69, 9.17) is 0 Å². The second-order valence-electron chi connectivity index (χ2n) is 4.95. The highest BCUT2D eigenvalue weighted by atomic mass is 16.2. The molecule has 0 aliphatic carbocycles. The Balaban J connectivity index is 1.92. The summed E-state index contributed by atoms with van der Waals surface area (Å²) in [6, 6.07) is 3.55. The van der Waals surface area contributed by atoms with Crippen LogP contribution >= 0.6 is 0 Å². The summed E-state index contributed by atoms with van der Waals surface area (Å²) in [6.45, 7) is 3.34. The van der Waals surface area contributed by atoms with E-state index in [9.17, 15) is 9.59 Å². The number of hydrogen-bond acceptors (Lipinski definition) is 4. The summed E-state index contributed by atoms with van der Waals surface area (Å²) in [6.07, 6.45) is 2.74. The fraction of sp³-hybridized carbons (Fsp3) is 0.500. The number of hydrogen-bond donors (Lipinski definition) is 2. The van der Waals surface area contributed by atoms with E-state index in [1.54, 1.807) is 30.3 Å². The van der Waals surface area contributed by atoms with Crippen molar-refractivity contribution in [3.63, 3.8) is 0 Å². The van der Waals surface area contributed by atoms with Crippen LogP contribution in [0.5, 0.6) is 0 Å². The first-order chi connectivity index (χ1) is 9.60. The number of anilines is 1. The molecule has 2 heterocycles. The number of carbonyl (C=O) groups excluding carboxylic acids is 2. The zero-order chi connectivity index (χ0) is 14.5. The van der Waals surface area contributed by atoms with Crippen LogP contribution < -0.4 is 10.6 Å². The van der Waals surface area contributed by atoms with Gasteiger partial charge < -0.3 is 15.5 Å². The first-order valence-corrected chi connectivity index (χ1v) is 6.85. The minimum atomic E-state index is -0.145. The molecule has 6 heteroatoms. The molecule has 108 valence electrons. The van der Waals surface area contributed by atoms with Gasteiger partial charge in [-0.1, -0.05) is 0 Å². The van der Waals surface area contributed by atoms with Crippen molar-refractivity contribution in [2.24, 2.45) is 0 Å². The van der Waals surface area contributed by atoms with Gasteiger partial charge in [-0.3, -0.25) is 9.59 Å². The lowest BCUT2D eigenvalue weighted by Crippen LogP contribution is -2.48. The van der Waals surface area contributed by atoms with Gasteiger partial charge >= 0.3 is 0 Å². The highest BCUT2D eigenvalue weighted by molar-refractivity contribution is 5.94. The molecule has 2 N–H and O–H groups in total. The molecule has 1 aromatic rings. The number of pyridine rings is 1. The highest BCUT2D eigenvalue weighted by Crippen LogP contribution is 2.11. The predicted molar refractivity (Wildman–Crippen MR) is 76.5 cm³/mol. The van der Waals surface area contributed by atoms with Gasteiger partial charge in [-0.15, -0.1) is 0 Å². The molecule has 1 aromatic heterocycles. The van der Waals surface area contributed by atoms with E-state index in [0.717, 1.165) is 12.4 Å². The van der Waals surface area contributed by atoms with Crippen LogP contribution in [0.1, 0.15) is 30.1 Å². The number of nitrogens with zero attached hydrogens (tertiary/aromatic N) is 2. The predicted octanol–water partition coefficient (Wildman–Crippen LogP) is 0.864. The number of amides is 2. The van der Waals surface area contributed by atoms with Crippen LogP contribution in [-0.4, -0.2) is 47.9 Å². The van der Waals surface area contributed by atoms with E-state index in [-0.39, 0.29) is 17.9 Å². The summed E-state index contributed by atoms with van der Waals surface area (Å²) < 4.78 is 0. The van der Waals surface area contributed by atoms with Crippen molar-refractivity contribution in [3.05, 3.63) is 23.9 Å². The Hall–Kier alpha value is -2.11. The summed E-state index contributed by atoms with van der Waals surface area (Å²) in [4.78, 5) is 29.3. The molecule has 0 bridgehead atoms. The first-order valence-electron chi connectivity index (χ1n) is 6.85. The molecule has 1 fully saturated rings. The Labute approximate surface area is 118 Å². The summed E-state index contributed by atoms with van der Waals surface area (Å²) in [7, 11) is 1.76. The normalized spacial score (nSPS) is 18.8. The van der Waals surface area contributed by atoms with Gasteiger partial charge in [-0.05, 0) is 25.5 Å². The van der Waals surface area contributed by atoms with E-state index in [1.807, 2.05) is 6.92 Å². The van der Waals surface area contributed by atoms with Crippen LogP contribution in [-0.2, 0) is 4.79 Å². The third-order valence-electron chi connectivity index (χ3n) is 3.35. The van der Waals surface area contributed by atoms with Gasteiger partial charge in [0.2, 0.25) is 5.91 Å². The molecule has 1 aliphatic rings. The van der Waals surface area contributed by atoms with Gasteiger partial charge in [0.15, 0.2) is 0 Å². The topological polar surface area (TPSA) is 74.3 Å². The van der Waals surface area contributed by atoms with Gasteiger partial charge in [0.25, 0.3) is 5.91 Å². The first kappa shape index (κ1) is 14.3. The van der Waals surface area contributed by atoms with Crippen LogP contribution in [0, 0.1) is 0 Å². The SMILES string of the molecule is CCNc1ccc(C(=O)NC2CCC(=O)N(C)C2)cn1. The van der Waals surface area contributed by atoms with E-state index < -0.39 is 0 Å². The minimum Gasteiger partial charge on any atom is -0.370 e. The van der Waals surface area contributed by atoms with Crippen molar-refractivity contribution in [3.8, 4) is 0 Å². The Morgan fingerprint density at radius 2 is 2.30 bits per heavy atom. The number of nitrogens with one attached hydrogen (secondary N) is 2. The minimum absolute atomic E-state index is 0.0126. The molecule has 0 saturated carbocycles. The van der Waals surface area contributed by atoms with Gasteiger partial charge in [0.05, 0.1) is 5.56 Å². The van der Waals surface area contributed by atoms with Crippen molar-refractivity contribution in [1.29, 1.82) is 0 Å². The van der Waals surface area contributed by atoms with E-state index >= 15 is 0 Å². The van der Waals surface area contributed by atoms with Gasteiger partial charge in [-0.2, -0.15) is 0 Å². The number of piperidine rings is 1. The van der Waals surface area contributed by atoms with Crippen LogP contribution in [0.15, 0.2) is 18.3 Å². The molecular weight excluding hydrogens is 256 g/mol. The van der Waals surface area contributed by atoms with Crippen molar-refractivity contribution in [2.45, 2.75) is 25.8 Å². The average molecular weight is 276 g/mol. The lowest BCUT2D eigenvalue weighted by atomic mass is 10.1. The van der Waals surface area contributed by atoms with E-state index in [1.165, 1.54) is 0 Å². The van der Waals surface area contributed by atoms with Crippen LogP contribution in [0.3, 0.4) is 0 Å². The molecule has 1 atom stereocenters. The molecule has 1 aliphatic heterocycles. The van der Waals surface area contributed by atoms with Crippen molar-refractivity contribution < 1.29 is 9.59 Å².